The van der Waals surface area contributed by atoms with Crippen molar-refractivity contribution in [2.45, 2.75) is 12.6 Å². The summed E-state index contributed by atoms with van der Waals surface area (Å²) in [5.74, 6) is -1.07. The maximum absolute atomic E-state index is 10.8. The van der Waals surface area contributed by atoms with Gasteiger partial charge in [-0.25, -0.2) is 4.98 Å². The molecule has 1 unspecified atom stereocenters. The van der Waals surface area contributed by atoms with E-state index >= 15 is 0 Å². The number of anilines is 1. The predicted molar refractivity (Wildman–Crippen MR) is 82.9 cm³/mol. The number of carboxylic acids is 1. The number of rotatable bonds is 5. The Morgan fingerprint density at radius 1 is 1.50 bits per heavy atom. The van der Waals surface area contributed by atoms with Crippen molar-refractivity contribution in [2.75, 3.05) is 11.9 Å². The van der Waals surface area contributed by atoms with E-state index in [9.17, 15) is 4.79 Å². The number of nitrogens with zero attached hydrogens (tertiary/aromatic N) is 2. The Morgan fingerprint density at radius 3 is 2.75 bits per heavy atom. The summed E-state index contributed by atoms with van der Waals surface area (Å²) in [4.78, 5) is 17.1. The lowest BCUT2D eigenvalue weighted by atomic mass is 10.2. The molecule has 1 aromatic carbocycles. The predicted octanol–water partition coefficient (Wildman–Crippen LogP) is 2.63. The highest BCUT2D eigenvalue weighted by atomic mass is 79.9. The van der Waals surface area contributed by atoms with Crippen LogP contribution in [0, 0.1) is 0 Å². The summed E-state index contributed by atoms with van der Waals surface area (Å²) >= 11 is 4.78. The molecule has 0 saturated carbocycles. The Hall–Kier alpha value is -1.44. The van der Waals surface area contributed by atoms with Crippen molar-refractivity contribution < 1.29 is 9.90 Å². The van der Waals surface area contributed by atoms with E-state index < -0.39 is 12.0 Å². The molecule has 2 aromatic rings. The summed E-state index contributed by atoms with van der Waals surface area (Å²) in [6.45, 7) is 0.697. The lowest BCUT2D eigenvalue weighted by Gasteiger charge is -2.15. The molecule has 7 heteroatoms. The van der Waals surface area contributed by atoms with Gasteiger partial charge in [-0.05, 0) is 17.7 Å². The molecule has 0 bridgehead atoms. The van der Waals surface area contributed by atoms with Crippen LogP contribution in [0.25, 0.3) is 0 Å². The van der Waals surface area contributed by atoms with Crippen LogP contribution in [-0.2, 0) is 11.3 Å². The topological polar surface area (TPSA) is 79.5 Å². The van der Waals surface area contributed by atoms with Crippen LogP contribution in [-0.4, -0.2) is 23.1 Å². The number of hydrogen-bond donors (Lipinski definition) is 2. The highest BCUT2D eigenvalue weighted by Crippen LogP contribution is 2.24. The van der Waals surface area contributed by atoms with Crippen molar-refractivity contribution in [1.29, 1.82) is 0 Å². The first-order valence-electron chi connectivity index (χ1n) is 5.87. The summed E-state index contributed by atoms with van der Waals surface area (Å²) in [6.07, 6.45) is 0. The number of halogens is 1. The minimum atomic E-state index is -1.07. The van der Waals surface area contributed by atoms with Gasteiger partial charge in [-0.1, -0.05) is 28.1 Å². The molecular formula is C13H14BrN3O2S. The van der Waals surface area contributed by atoms with Crippen molar-refractivity contribution in [3.8, 4) is 0 Å². The molecule has 1 heterocycles. The Labute approximate surface area is 129 Å². The first kappa shape index (κ1) is 15.0. The van der Waals surface area contributed by atoms with Gasteiger partial charge in [-0.15, -0.1) is 11.3 Å². The van der Waals surface area contributed by atoms with Gasteiger partial charge in [0.25, 0.3) is 0 Å². The lowest BCUT2D eigenvalue weighted by molar-refractivity contribution is -0.138. The standard InChI is InChI=1S/C13H14BrN3O2S/c1-17(6-8-2-4-9(14)5-3-8)13-16-10(7-20-13)11(15)12(18)19/h2-5,7,11H,6,15H2,1H3,(H,18,19). The molecule has 0 spiro atoms. The molecule has 3 N–H and O–H groups in total. The number of carbonyl (C=O) groups is 1. The number of carboxylic acid groups (broad SMARTS) is 1. The average Bonchev–Trinajstić information content (AvgIpc) is 2.90. The van der Waals surface area contributed by atoms with Gasteiger partial charge in [0.2, 0.25) is 0 Å². The summed E-state index contributed by atoms with van der Waals surface area (Å²) in [6, 6.07) is 6.95. The molecule has 5 nitrogen and oxygen atoms in total. The molecule has 106 valence electrons. The third-order valence-electron chi connectivity index (χ3n) is 2.75. The van der Waals surface area contributed by atoms with Gasteiger partial charge in [0.1, 0.15) is 6.04 Å². The van der Waals surface area contributed by atoms with Crippen LogP contribution in [0.4, 0.5) is 5.13 Å². The molecule has 0 aliphatic rings. The molecular weight excluding hydrogens is 342 g/mol. The fourth-order valence-electron chi connectivity index (χ4n) is 1.65. The zero-order valence-corrected chi connectivity index (χ0v) is 13.2. The molecule has 2 rings (SSSR count). The van der Waals surface area contributed by atoms with Gasteiger partial charge in [-0.2, -0.15) is 0 Å². The van der Waals surface area contributed by atoms with Crippen molar-refractivity contribution in [3.63, 3.8) is 0 Å². The number of thiazole rings is 1. The van der Waals surface area contributed by atoms with Crippen LogP contribution in [0.3, 0.4) is 0 Å². The Balaban J connectivity index is 2.08. The number of benzene rings is 1. The smallest absolute Gasteiger partial charge is 0.326 e. The third-order valence-corrected chi connectivity index (χ3v) is 4.26. The van der Waals surface area contributed by atoms with Crippen LogP contribution in [0.2, 0.25) is 0 Å². The van der Waals surface area contributed by atoms with Gasteiger partial charge in [0.15, 0.2) is 5.13 Å². The highest BCUT2D eigenvalue weighted by molar-refractivity contribution is 9.10. The molecule has 0 aliphatic carbocycles. The van der Waals surface area contributed by atoms with Crippen LogP contribution in [0.1, 0.15) is 17.3 Å². The van der Waals surface area contributed by atoms with Crippen LogP contribution < -0.4 is 10.6 Å². The second-order valence-electron chi connectivity index (χ2n) is 4.35. The van der Waals surface area contributed by atoms with Gasteiger partial charge >= 0.3 is 5.97 Å². The molecule has 1 aromatic heterocycles. The van der Waals surface area contributed by atoms with E-state index in [1.807, 2.05) is 36.2 Å². The molecule has 0 radical (unpaired) electrons. The number of aliphatic carboxylic acids is 1. The summed E-state index contributed by atoms with van der Waals surface area (Å²) in [5.41, 5.74) is 7.08. The average molecular weight is 356 g/mol. The zero-order valence-electron chi connectivity index (χ0n) is 10.8. The molecule has 0 fully saturated rings. The van der Waals surface area contributed by atoms with E-state index in [1.165, 1.54) is 11.3 Å². The SMILES string of the molecule is CN(Cc1ccc(Br)cc1)c1nc(C(N)C(=O)O)cs1. The number of aromatic nitrogens is 1. The first-order valence-corrected chi connectivity index (χ1v) is 7.54. The second kappa shape index (κ2) is 6.34. The molecule has 1 atom stereocenters. The van der Waals surface area contributed by atoms with E-state index in [-0.39, 0.29) is 0 Å². The summed E-state index contributed by atoms with van der Waals surface area (Å²) < 4.78 is 1.04. The minimum Gasteiger partial charge on any atom is -0.480 e. The molecule has 0 aliphatic heterocycles. The molecule has 0 amide bonds. The minimum absolute atomic E-state index is 0.389. The number of nitrogens with two attached hydrogens (primary N) is 1. The van der Waals surface area contributed by atoms with Crippen LogP contribution in [0.15, 0.2) is 34.1 Å². The van der Waals surface area contributed by atoms with E-state index in [0.29, 0.717) is 12.2 Å². The lowest BCUT2D eigenvalue weighted by Crippen LogP contribution is -2.21. The normalized spacial score (nSPS) is 12.2. The monoisotopic (exact) mass is 355 g/mol. The van der Waals surface area contributed by atoms with Gasteiger partial charge in [0.05, 0.1) is 5.69 Å². The maximum atomic E-state index is 10.8. The molecule has 20 heavy (non-hydrogen) atoms. The largest absolute Gasteiger partial charge is 0.480 e. The van der Waals surface area contributed by atoms with Crippen molar-refractivity contribution in [2.24, 2.45) is 5.73 Å². The first-order chi connectivity index (χ1) is 9.47. The Morgan fingerprint density at radius 2 is 2.15 bits per heavy atom. The fourth-order valence-corrected chi connectivity index (χ4v) is 2.74. The number of hydrogen-bond acceptors (Lipinski definition) is 5. The second-order valence-corrected chi connectivity index (χ2v) is 6.11. The van der Waals surface area contributed by atoms with Gasteiger partial charge in [0, 0.05) is 23.4 Å². The van der Waals surface area contributed by atoms with Crippen molar-refractivity contribution in [1.82, 2.24) is 4.98 Å². The third kappa shape index (κ3) is 3.56. The fraction of sp³-hybridized carbons (Fsp3) is 0.231. The van der Waals surface area contributed by atoms with Gasteiger partial charge < -0.3 is 15.7 Å². The summed E-state index contributed by atoms with van der Waals surface area (Å²) in [7, 11) is 1.91. The van der Waals surface area contributed by atoms with Crippen LogP contribution in [0.5, 0.6) is 0 Å². The maximum Gasteiger partial charge on any atom is 0.326 e. The van der Waals surface area contributed by atoms with E-state index in [4.69, 9.17) is 10.8 Å². The molecule has 0 saturated heterocycles. The van der Waals surface area contributed by atoms with Gasteiger partial charge in [-0.3, -0.25) is 4.79 Å². The zero-order chi connectivity index (χ0) is 14.7. The van der Waals surface area contributed by atoms with E-state index in [1.54, 1.807) is 5.38 Å². The van der Waals surface area contributed by atoms with Crippen LogP contribution >= 0.6 is 27.3 Å². The quantitative estimate of drug-likeness (QED) is 0.861. The van der Waals surface area contributed by atoms with E-state index in [2.05, 4.69) is 20.9 Å². The Bertz CT molecular complexity index is 600. The van der Waals surface area contributed by atoms with Crippen molar-refractivity contribution in [3.05, 3.63) is 45.4 Å². The van der Waals surface area contributed by atoms with E-state index in [0.717, 1.165) is 15.2 Å². The van der Waals surface area contributed by atoms with Crippen molar-refractivity contribution >= 4 is 38.4 Å². The Kier molecular flexibility index (Phi) is 4.74. The highest BCUT2D eigenvalue weighted by Gasteiger charge is 2.18. The summed E-state index contributed by atoms with van der Waals surface area (Å²) in [5, 5.41) is 11.3.